The standard InChI is InChI=1S/C12H18N2O3S/c1-5-17-10(16)6-9(15)14-11-13-8(7-18-11)12(2,3)4/h7H,5-6H2,1-4H3,(H,13,14,15). The zero-order valence-corrected chi connectivity index (χ0v) is 11.9. The van der Waals surface area contributed by atoms with E-state index < -0.39 is 11.9 Å². The SMILES string of the molecule is CCOC(=O)CC(=O)Nc1nc(C(C)(C)C)cs1. The van der Waals surface area contributed by atoms with E-state index in [4.69, 9.17) is 4.74 Å². The van der Waals surface area contributed by atoms with Crippen molar-refractivity contribution in [1.29, 1.82) is 0 Å². The zero-order chi connectivity index (χ0) is 13.8. The first-order valence-corrected chi connectivity index (χ1v) is 6.62. The number of nitrogens with one attached hydrogen (secondary N) is 1. The van der Waals surface area contributed by atoms with Gasteiger partial charge in [0, 0.05) is 10.8 Å². The number of rotatable bonds is 4. The molecule has 100 valence electrons. The minimum Gasteiger partial charge on any atom is -0.466 e. The van der Waals surface area contributed by atoms with Gasteiger partial charge >= 0.3 is 5.97 Å². The number of nitrogens with zero attached hydrogens (tertiary/aromatic N) is 1. The second-order valence-electron chi connectivity index (χ2n) is 4.82. The van der Waals surface area contributed by atoms with Crippen LogP contribution < -0.4 is 5.32 Å². The Labute approximate surface area is 111 Å². The smallest absolute Gasteiger partial charge is 0.315 e. The van der Waals surface area contributed by atoms with Crippen LogP contribution in [-0.4, -0.2) is 23.5 Å². The molecule has 0 bridgehead atoms. The molecule has 0 atom stereocenters. The van der Waals surface area contributed by atoms with E-state index in [-0.39, 0.29) is 18.4 Å². The molecule has 0 saturated carbocycles. The fraction of sp³-hybridized carbons (Fsp3) is 0.583. The van der Waals surface area contributed by atoms with Crippen molar-refractivity contribution in [2.75, 3.05) is 11.9 Å². The van der Waals surface area contributed by atoms with Gasteiger partial charge in [-0.25, -0.2) is 4.98 Å². The van der Waals surface area contributed by atoms with Gasteiger partial charge in [-0.1, -0.05) is 20.8 Å². The lowest BCUT2D eigenvalue weighted by atomic mass is 9.93. The Morgan fingerprint density at radius 2 is 2.11 bits per heavy atom. The molecule has 1 heterocycles. The Hall–Kier alpha value is -1.43. The minimum atomic E-state index is -0.525. The van der Waals surface area contributed by atoms with Gasteiger partial charge in [0.2, 0.25) is 5.91 Å². The molecule has 0 aliphatic heterocycles. The fourth-order valence-electron chi connectivity index (χ4n) is 1.18. The maximum absolute atomic E-state index is 11.5. The van der Waals surface area contributed by atoms with E-state index in [0.29, 0.717) is 5.13 Å². The first-order chi connectivity index (χ1) is 8.32. The van der Waals surface area contributed by atoms with E-state index in [9.17, 15) is 9.59 Å². The predicted molar refractivity (Wildman–Crippen MR) is 70.7 cm³/mol. The van der Waals surface area contributed by atoms with E-state index in [0.717, 1.165) is 5.69 Å². The predicted octanol–water partition coefficient (Wildman–Crippen LogP) is 2.33. The third-order valence-corrected chi connectivity index (χ3v) is 2.89. The highest BCUT2D eigenvalue weighted by atomic mass is 32.1. The van der Waals surface area contributed by atoms with Crippen LogP contribution in [0.2, 0.25) is 0 Å². The molecule has 1 N–H and O–H groups in total. The molecule has 1 aromatic heterocycles. The number of thiazole rings is 1. The fourth-order valence-corrected chi connectivity index (χ4v) is 2.14. The average Bonchev–Trinajstić information content (AvgIpc) is 2.65. The highest BCUT2D eigenvalue weighted by Gasteiger charge is 2.18. The van der Waals surface area contributed by atoms with Crippen molar-refractivity contribution in [3.05, 3.63) is 11.1 Å². The number of anilines is 1. The number of esters is 1. The van der Waals surface area contributed by atoms with Gasteiger partial charge < -0.3 is 10.1 Å². The van der Waals surface area contributed by atoms with Crippen LogP contribution in [-0.2, 0) is 19.7 Å². The molecule has 1 rings (SSSR count). The van der Waals surface area contributed by atoms with Gasteiger partial charge in [-0.05, 0) is 6.92 Å². The molecule has 6 heteroatoms. The maximum Gasteiger partial charge on any atom is 0.315 e. The summed E-state index contributed by atoms with van der Waals surface area (Å²) in [6.45, 7) is 8.12. The molecule has 5 nitrogen and oxygen atoms in total. The van der Waals surface area contributed by atoms with E-state index in [1.807, 2.05) is 26.2 Å². The van der Waals surface area contributed by atoms with Crippen molar-refractivity contribution in [3.63, 3.8) is 0 Å². The lowest BCUT2D eigenvalue weighted by molar-refractivity contribution is -0.145. The van der Waals surface area contributed by atoms with Gasteiger partial charge in [0.25, 0.3) is 0 Å². The summed E-state index contributed by atoms with van der Waals surface area (Å²) in [6.07, 6.45) is -0.279. The molecular formula is C12H18N2O3S. The number of aromatic nitrogens is 1. The number of carbonyl (C=O) groups is 2. The maximum atomic E-state index is 11.5. The van der Waals surface area contributed by atoms with Crippen LogP contribution in [0, 0.1) is 0 Å². The van der Waals surface area contributed by atoms with Crippen molar-refractivity contribution in [1.82, 2.24) is 4.98 Å². The lowest BCUT2D eigenvalue weighted by Gasteiger charge is -2.14. The molecule has 0 aliphatic rings. The van der Waals surface area contributed by atoms with Crippen LogP contribution in [0.15, 0.2) is 5.38 Å². The lowest BCUT2D eigenvalue weighted by Crippen LogP contribution is -2.18. The Bertz CT molecular complexity index is 435. The summed E-state index contributed by atoms with van der Waals surface area (Å²) in [5, 5.41) is 5.00. The molecule has 18 heavy (non-hydrogen) atoms. The Morgan fingerprint density at radius 1 is 1.44 bits per heavy atom. The summed E-state index contributed by atoms with van der Waals surface area (Å²) in [5.74, 6) is -0.925. The van der Waals surface area contributed by atoms with Crippen molar-refractivity contribution >= 4 is 28.3 Å². The third-order valence-electron chi connectivity index (χ3n) is 2.13. The topological polar surface area (TPSA) is 68.3 Å². The quantitative estimate of drug-likeness (QED) is 0.673. The highest BCUT2D eigenvalue weighted by Crippen LogP contribution is 2.26. The Morgan fingerprint density at radius 3 is 2.61 bits per heavy atom. The van der Waals surface area contributed by atoms with Crippen molar-refractivity contribution in [3.8, 4) is 0 Å². The van der Waals surface area contributed by atoms with Crippen molar-refractivity contribution < 1.29 is 14.3 Å². The molecule has 1 amide bonds. The van der Waals surface area contributed by atoms with E-state index >= 15 is 0 Å². The molecule has 0 fully saturated rings. The second-order valence-corrected chi connectivity index (χ2v) is 5.68. The first kappa shape index (κ1) is 14.6. The van der Waals surface area contributed by atoms with Gasteiger partial charge in [-0.3, -0.25) is 9.59 Å². The normalized spacial score (nSPS) is 11.1. The molecule has 0 aliphatic carbocycles. The zero-order valence-electron chi connectivity index (χ0n) is 11.1. The van der Waals surface area contributed by atoms with Gasteiger partial charge in [0.05, 0.1) is 12.3 Å². The molecule has 1 aromatic rings. The van der Waals surface area contributed by atoms with E-state index in [1.165, 1.54) is 11.3 Å². The van der Waals surface area contributed by atoms with Crippen LogP contribution in [0.4, 0.5) is 5.13 Å². The average molecular weight is 270 g/mol. The highest BCUT2D eigenvalue weighted by molar-refractivity contribution is 7.13. The van der Waals surface area contributed by atoms with Crippen LogP contribution >= 0.6 is 11.3 Å². The largest absolute Gasteiger partial charge is 0.466 e. The number of amides is 1. The summed E-state index contributed by atoms with van der Waals surface area (Å²) in [7, 11) is 0. The van der Waals surface area contributed by atoms with E-state index in [2.05, 4.69) is 10.3 Å². The number of ether oxygens (including phenoxy) is 1. The van der Waals surface area contributed by atoms with Crippen LogP contribution in [0.5, 0.6) is 0 Å². The second kappa shape index (κ2) is 5.95. The van der Waals surface area contributed by atoms with Crippen LogP contribution in [0.25, 0.3) is 0 Å². The monoisotopic (exact) mass is 270 g/mol. The van der Waals surface area contributed by atoms with Crippen LogP contribution in [0.3, 0.4) is 0 Å². The molecule has 0 radical (unpaired) electrons. The number of hydrogen-bond acceptors (Lipinski definition) is 5. The minimum absolute atomic E-state index is 0.0549. The van der Waals surface area contributed by atoms with E-state index in [1.54, 1.807) is 6.92 Å². The summed E-state index contributed by atoms with van der Waals surface area (Å²) in [6, 6.07) is 0. The van der Waals surface area contributed by atoms with Gasteiger partial charge in [0.15, 0.2) is 5.13 Å². The van der Waals surface area contributed by atoms with Gasteiger partial charge in [0.1, 0.15) is 6.42 Å². The molecule has 0 spiro atoms. The molecular weight excluding hydrogens is 252 g/mol. The summed E-state index contributed by atoms with van der Waals surface area (Å²) in [5.41, 5.74) is 0.861. The van der Waals surface area contributed by atoms with Gasteiger partial charge in [-0.2, -0.15) is 0 Å². The van der Waals surface area contributed by atoms with Crippen molar-refractivity contribution in [2.45, 2.75) is 39.5 Å². The van der Waals surface area contributed by atoms with Gasteiger partial charge in [-0.15, -0.1) is 11.3 Å². The Balaban J connectivity index is 2.55. The third kappa shape index (κ3) is 4.44. The molecule has 0 saturated heterocycles. The van der Waals surface area contributed by atoms with Crippen molar-refractivity contribution in [2.24, 2.45) is 0 Å². The number of carbonyl (C=O) groups excluding carboxylic acids is 2. The molecule has 0 aromatic carbocycles. The molecule has 0 unspecified atom stereocenters. The Kier molecular flexibility index (Phi) is 4.84. The first-order valence-electron chi connectivity index (χ1n) is 5.74. The van der Waals surface area contributed by atoms with Crippen LogP contribution in [0.1, 0.15) is 39.8 Å². The summed E-state index contributed by atoms with van der Waals surface area (Å²) in [4.78, 5) is 26.9. The summed E-state index contributed by atoms with van der Waals surface area (Å²) < 4.78 is 4.69. The summed E-state index contributed by atoms with van der Waals surface area (Å²) >= 11 is 1.35. The number of hydrogen-bond donors (Lipinski definition) is 1.